The van der Waals surface area contributed by atoms with Gasteiger partial charge < -0.3 is 0 Å². The summed E-state index contributed by atoms with van der Waals surface area (Å²) in [7, 11) is -3.51. The molecule has 1 aliphatic heterocycles. The minimum absolute atomic E-state index is 0.154. The van der Waals surface area contributed by atoms with Crippen molar-refractivity contribution in [1.29, 1.82) is 0 Å². The Kier molecular flexibility index (Phi) is 4.60. The predicted octanol–water partition coefficient (Wildman–Crippen LogP) is 3.54. The van der Waals surface area contributed by atoms with Crippen LogP contribution in [0.2, 0.25) is 10.0 Å². The normalized spacial score (nSPS) is 22.1. The van der Waals surface area contributed by atoms with Gasteiger partial charge in [-0.2, -0.15) is 4.31 Å². The van der Waals surface area contributed by atoms with Crippen LogP contribution in [0.5, 0.6) is 0 Å². The highest BCUT2D eigenvalue weighted by Crippen LogP contribution is 2.27. The first-order chi connectivity index (χ1) is 8.39. The van der Waals surface area contributed by atoms with E-state index in [1.807, 2.05) is 0 Å². The van der Waals surface area contributed by atoms with Gasteiger partial charge in [0.1, 0.15) is 0 Å². The molecule has 1 fully saturated rings. The fourth-order valence-corrected chi connectivity index (χ4v) is 5.05. The van der Waals surface area contributed by atoms with Gasteiger partial charge in [-0.3, -0.25) is 0 Å². The second kappa shape index (κ2) is 5.67. The van der Waals surface area contributed by atoms with Gasteiger partial charge in [0.25, 0.3) is 0 Å². The third-order valence-corrected chi connectivity index (χ3v) is 5.83. The Balaban J connectivity index is 2.35. The van der Waals surface area contributed by atoms with Gasteiger partial charge in [0.05, 0.1) is 4.90 Å². The highest BCUT2D eigenvalue weighted by Gasteiger charge is 2.29. The van der Waals surface area contributed by atoms with E-state index in [1.54, 1.807) is 0 Å². The average Bonchev–Trinajstić information content (AvgIpc) is 2.27. The molecule has 0 N–H and O–H groups in total. The van der Waals surface area contributed by atoms with Crippen LogP contribution in [-0.4, -0.2) is 30.6 Å². The van der Waals surface area contributed by atoms with Gasteiger partial charge in [-0.25, -0.2) is 8.42 Å². The lowest BCUT2D eigenvalue weighted by Crippen LogP contribution is -2.40. The average molecular weight is 373 g/mol. The number of sulfonamides is 1. The third kappa shape index (κ3) is 3.20. The number of halogens is 3. The van der Waals surface area contributed by atoms with Crippen LogP contribution in [0, 0.1) is 0 Å². The van der Waals surface area contributed by atoms with Crippen LogP contribution in [0.25, 0.3) is 0 Å². The van der Waals surface area contributed by atoms with Gasteiger partial charge in [-0.15, -0.1) is 0 Å². The fraction of sp³-hybridized carbons (Fsp3) is 0.455. The molecule has 0 saturated carbocycles. The molecular weight excluding hydrogens is 361 g/mol. The van der Waals surface area contributed by atoms with Crippen molar-refractivity contribution in [3.8, 4) is 0 Å². The summed E-state index contributed by atoms with van der Waals surface area (Å²) in [6.45, 7) is 1.01. The molecule has 0 aliphatic carbocycles. The molecule has 1 saturated heterocycles. The molecule has 2 rings (SSSR count). The molecule has 18 heavy (non-hydrogen) atoms. The smallest absolute Gasteiger partial charge is 0.207 e. The Morgan fingerprint density at radius 1 is 1.22 bits per heavy atom. The summed E-state index contributed by atoms with van der Waals surface area (Å²) in [5.74, 6) is 0. The lowest BCUT2D eigenvalue weighted by Gasteiger charge is -2.29. The van der Waals surface area contributed by atoms with Gasteiger partial charge >= 0.3 is 0 Å². The number of rotatable bonds is 2. The third-order valence-electron chi connectivity index (χ3n) is 2.80. The van der Waals surface area contributed by atoms with E-state index >= 15 is 0 Å². The number of piperidine rings is 1. The number of alkyl halides is 1. The first-order valence-corrected chi connectivity index (χ1v) is 8.61. The van der Waals surface area contributed by atoms with Crippen molar-refractivity contribution < 1.29 is 8.42 Å². The molecule has 1 aliphatic rings. The quantitative estimate of drug-likeness (QED) is 0.744. The lowest BCUT2D eigenvalue weighted by molar-refractivity contribution is 0.356. The molecule has 0 spiro atoms. The molecule has 7 heteroatoms. The molecule has 1 atom stereocenters. The number of benzene rings is 1. The Morgan fingerprint density at radius 3 is 2.39 bits per heavy atom. The molecule has 0 radical (unpaired) electrons. The molecule has 100 valence electrons. The van der Waals surface area contributed by atoms with E-state index < -0.39 is 10.0 Å². The predicted molar refractivity (Wildman–Crippen MR) is 77.2 cm³/mol. The first kappa shape index (κ1) is 14.6. The molecule has 0 amide bonds. The summed E-state index contributed by atoms with van der Waals surface area (Å²) in [6.07, 6.45) is 1.84. The van der Waals surface area contributed by atoms with Crippen molar-refractivity contribution in [1.82, 2.24) is 4.31 Å². The Labute approximate surface area is 125 Å². The van der Waals surface area contributed by atoms with Crippen molar-refractivity contribution in [2.45, 2.75) is 22.6 Å². The maximum absolute atomic E-state index is 12.4. The van der Waals surface area contributed by atoms with Crippen LogP contribution >= 0.6 is 39.1 Å². The van der Waals surface area contributed by atoms with Crippen molar-refractivity contribution in [2.24, 2.45) is 0 Å². The van der Waals surface area contributed by atoms with E-state index in [-0.39, 0.29) is 9.72 Å². The zero-order chi connectivity index (χ0) is 13.3. The highest BCUT2D eigenvalue weighted by molar-refractivity contribution is 9.09. The first-order valence-electron chi connectivity index (χ1n) is 5.50. The van der Waals surface area contributed by atoms with Gasteiger partial charge in [0.2, 0.25) is 10.0 Å². The molecule has 1 aromatic carbocycles. The standard InChI is InChI=1S/C11H12BrCl2NO2S/c12-8-2-1-3-15(7-8)18(16,17)11-5-9(13)4-10(14)6-11/h4-6,8H,1-3,7H2. The topological polar surface area (TPSA) is 37.4 Å². The number of nitrogens with zero attached hydrogens (tertiary/aromatic N) is 1. The molecule has 0 aromatic heterocycles. The van der Waals surface area contributed by atoms with E-state index in [2.05, 4.69) is 15.9 Å². The summed E-state index contributed by atoms with van der Waals surface area (Å²) < 4.78 is 26.3. The molecular formula is C11H12BrCl2NO2S. The second-order valence-corrected chi connectivity index (χ2v) is 8.31. The van der Waals surface area contributed by atoms with Crippen molar-refractivity contribution >= 4 is 49.2 Å². The van der Waals surface area contributed by atoms with Crippen LogP contribution in [0.4, 0.5) is 0 Å². The zero-order valence-electron chi connectivity index (χ0n) is 9.44. The highest BCUT2D eigenvalue weighted by atomic mass is 79.9. The van der Waals surface area contributed by atoms with Gasteiger partial charge in [0.15, 0.2) is 0 Å². The van der Waals surface area contributed by atoms with E-state index in [4.69, 9.17) is 23.2 Å². The maximum atomic E-state index is 12.4. The van der Waals surface area contributed by atoms with Crippen LogP contribution in [0.1, 0.15) is 12.8 Å². The van der Waals surface area contributed by atoms with Gasteiger partial charge in [0, 0.05) is 28.0 Å². The van der Waals surface area contributed by atoms with E-state index in [1.165, 1.54) is 22.5 Å². The van der Waals surface area contributed by atoms with Crippen LogP contribution < -0.4 is 0 Å². The molecule has 1 heterocycles. The number of hydrogen-bond donors (Lipinski definition) is 0. The molecule has 1 aromatic rings. The summed E-state index contributed by atoms with van der Waals surface area (Å²) in [5, 5.41) is 0.655. The molecule has 0 bridgehead atoms. The number of hydrogen-bond acceptors (Lipinski definition) is 2. The summed E-state index contributed by atoms with van der Waals surface area (Å²) in [5.41, 5.74) is 0. The minimum atomic E-state index is -3.51. The van der Waals surface area contributed by atoms with Gasteiger partial charge in [-0.05, 0) is 31.0 Å². The van der Waals surface area contributed by atoms with Crippen LogP contribution in [-0.2, 0) is 10.0 Å². The minimum Gasteiger partial charge on any atom is -0.207 e. The Morgan fingerprint density at radius 2 is 1.83 bits per heavy atom. The van der Waals surface area contributed by atoms with E-state index in [9.17, 15) is 8.42 Å². The second-order valence-electron chi connectivity index (χ2n) is 4.21. The summed E-state index contributed by atoms with van der Waals surface area (Å²) in [6, 6.07) is 4.38. The Hall–Kier alpha value is 0.190. The summed E-state index contributed by atoms with van der Waals surface area (Å²) in [4.78, 5) is 0.359. The van der Waals surface area contributed by atoms with Gasteiger partial charge in [-0.1, -0.05) is 39.1 Å². The van der Waals surface area contributed by atoms with Crippen molar-refractivity contribution in [3.63, 3.8) is 0 Å². The summed E-state index contributed by atoms with van der Waals surface area (Å²) >= 11 is 15.2. The van der Waals surface area contributed by atoms with E-state index in [0.717, 1.165) is 12.8 Å². The molecule has 1 unspecified atom stereocenters. The van der Waals surface area contributed by atoms with Crippen molar-refractivity contribution in [2.75, 3.05) is 13.1 Å². The zero-order valence-corrected chi connectivity index (χ0v) is 13.4. The monoisotopic (exact) mass is 371 g/mol. The van der Waals surface area contributed by atoms with Crippen LogP contribution in [0.15, 0.2) is 23.1 Å². The van der Waals surface area contributed by atoms with Crippen LogP contribution in [0.3, 0.4) is 0 Å². The van der Waals surface area contributed by atoms with Crippen molar-refractivity contribution in [3.05, 3.63) is 28.2 Å². The van der Waals surface area contributed by atoms with E-state index in [0.29, 0.717) is 23.1 Å². The largest absolute Gasteiger partial charge is 0.243 e. The maximum Gasteiger partial charge on any atom is 0.243 e. The lowest BCUT2D eigenvalue weighted by atomic mass is 10.2. The fourth-order valence-electron chi connectivity index (χ4n) is 1.94. The Bertz CT molecular complexity index is 530. The molecule has 3 nitrogen and oxygen atoms in total. The SMILES string of the molecule is O=S(=O)(c1cc(Cl)cc(Cl)c1)N1CCCC(Br)C1.